The molecule has 138 valence electrons. The lowest BCUT2D eigenvalue weighted by molar-refractivity contribution is 0.340. The molecule has 0 saturated carbocycles. The van der Waals surface area contributed by atoms with E-state index in [4.69, 9.17) is 4.74 Å². The molecule has 0 amide bonds. The maximum atomic E-state index is 14.4. The van der Waals surface area contributed by atoms with Gasteiger partial charge in [0, 0.05) is 12.0 Å². The first kappa shape index (κ1) is 18.8. The van der Waals surface area contributed by atoms with E-state index in [9.17, 15) is 8.78 Å². The molecule has 0 saturated heterocycles. The standard InChI is InChI=1S/C24H22F2O/c1-2-27-22-14-10-18(11-15-22)8-12-21-13-9-19(17-24(21)26)16-23(25)20-6-4-3-5-7-20/h3-15,17,23H,2,16H2,1H3/b12-8+. The van der Waals surface area contributed by atoms with Gasteiger partial charge in [0.15, 0.2) is 0 Å². The summed E-state index contributed by atoms with van der Waals surface area (Å²) in [6, 6.07) is 21.4. The molecule has 0 heterocycles. The summed E-state index contributed by atoms with van der Waals surface area (Å²) in [4.78, 5) is 0. The molecule has 0 aliphatic carbocycles. The predicted molar refractivity (Wildman–Crippen MR) is 107 cm³/mol. The molecule has 27 heavy (non-hydrogen) atoms. The zero-order valence-corrected chi connectivity index (χ0v) is 15.2. The molecule has 1 nitrogen and oxygen atoms in total. The third-order valence-corrected chi connectivity index (χ3v) is 4.29. The van der Waals surface area contributed by atoms with Crippen molar-refractivity contribution < 1.29 is 13.5 Å². The van der Waals surface area contributed by atoms with E-state index in [0.717, 1.165) is 11.3 Å². The summed E-state index contributed by atoms with van der Waals surface area (Å²) in [5.74, 6) is 0.458. The molecule has 0 fully saturated rings. The third kappa shape index (κ3) is 5.27. The fourth-order valence-electron chi connectivity index (χ4n) is 2.85. The summed E-state index contributed by atoms with van der Waals surface area (Å²) in [6.45, 7) is 2.56. The van der Waals surface area contributed by atoms with E-state index in [0.29, 0.717) is 23.3 Å². The van der Waals surface area contributed by atoms with E-state index in [2.05, 4.69) is 0 Å². The molecule has 0 spiro atoms. The molecule has 1 atom stereocenters. The normalized spacial score (nSPS) is 12.3. The Balaban J connectivity index is 1.67. The Morgan fingerprint density at radius 1 is 0.926 bits per heavy atom. The van der Waals surface area contributed by atoms with Gasteiger partial charge in [-0.25, -0.2) is 8.78 Å². The molecular formula is C24H22F2O. The van der Waals surface area contributed by atoms with E-state index >= 15 is 0 Å². The van der Waals surface area contributed by atoms with Gasteiger partial charge in [0.05, 0.1) is 6.61 Å². The van der Waals surface area contributed by atoms with Crippen molar-refractivity contribution in [3.8, 4) is 5.75 Å². The fourth-order valence-corrected chi connectivity index (χ4v) is 2.85. The Morgan fingerprint density at radius 2 is 1.67 bits per heavy atom. The lowest BCUT2D eigenvalue weighted by Gasteiger charge is -2.09. The second-order valence-electron chi connectivity index (χ2n) is 6.27. The molecule has 0 aliphatic heterocycles. The van der Waals surface area contributed by atoms with Crippen LogP contribution in [0.4, 0.5) is 8.78 Å². The van der Waals surface area contributed by atoms with Crippen LogP contribution < -0.4 is 4.74 Å². The highest BCUT2D eigenvalue weighted by atomic mass is 19.1. The predicted octanol–water partition coefficient (Wildman–Crippen LogP) is 6.65. The Hall–Kier alpha value is -2.94. The number of rotatable bonds is 7. The molecular weight excluding hydrogens is 342 g/mol. The summed E-state index contributed by atoms with van der Waals surface area (Å²) in [5, 5.41) is 0. The lowest BCUT2D eigenvalue weighted by atomic mass is 10.0. The van der Waals surface area contributed by atoms with Gasteiger partial charge in [-0.3, -0.25) is 0 Å². The summed E-state index contributed by atoms with van der Waals surface area (Å²) >= 11 is 0. The van der Waals surface area contributed by atoms with Gasteiger partial charge < -0.3 is 4.74 Å². The van der Waals surface area contributed by atoms with E-state index in [1.54, 1.807) is 42.5 Å². The highest BCUT2D eigenvalue weighted by Gasteiger charge is 2.11. The van der Waals surface area contributed by atoms with Gasteiger partial charge in [0.1, 0.15) is 17.7 Å². The van der Waals surface area contributed by atoms with Gasteiger partial charge >= 0.3 is 0 Å². The first-order chi connectivity index (χ1) is 13.2. The van der Waals surface area contributed by atoms with E-state index in [1.165, 1.54) is 6.07 Å². The van der Waals surface area contributed by atoms with Crippen LogP contribution >= 0.6 is 0 Å². The molecule has 3 aromatic rings. The topological polar surface area (TPSA) is 9.23 Å². The smallest absolute Gasteiger partial charge is 0.130 e. The number of ether oxygens (including phenoxy) is 1. The minimum atomic E-state index is -1.14. The van der Waals surface area contributed by atoms with Crippen LogP contribution in [-0.2, 0) is 6.42 Å². The van der Waals surface area contributed by atoms with Crippen molar-refractivity contribution in [1.82, 2.24) is 0 Å². The number of halogens is 2. The fraction of sp³-hybridized carbons (Fsp3) is 0.167. The molecule has 0 aliphatic rings. The van der Waals surface area contributed by atoms with Crippen molar-refractivity contribution >= 4 is 12.2 Å². The van der Waals surface area contributed by atoms with Crippen molar-refractivity contribution in [3.05, 3.63) is 101 Å². The summed E-state index contributed by atoms with van der Waals surface area (Å²) < 4.78 is 34.1. The SMILES string of the molecule is CCOc1ccc(/C=C/c2ccc(CC(F)c3ccccc3)cc2F)cc1. The molecule has 3 rings (SSSR count). The maximum Gasteiger partial charge on any atom is 0.130 e. The average molecular weight is 364 g/mol. The third-order valence-electron chi connectivity index (χ3n) is 4.29. The van der Waals surface area contributed by atoms with Crippen LogP contribution in [0.3, 0.4) is 0 Å². The van der Waals surface area contributed by atoms with Crippen molar-refractivity contribution in [3.63, 3.8) is 0 Å². The largest absolute Gasteiger partial charge is 0.494 e. The van der Waals surface area contributed by atoms with Gasteiger partial charge in [0.2, 0.25) is 0 Å². The van der Waals surface area contributed by atoms with E-state index in [1.807, 2.05) is 43.3 Å². The monoisotopic (exact) mass is 364 g/mol. The minimum Gasteiger partial charge on any atom is -0.494 e. The quantitative estimate of drug-likeness (QED) is 0.427. The van der Waals surface area contributed by atoms with Crippen LogP contribution in [0, 0.1) is 5.82 Å². The lowest BCUT2D eigenvalue weighted by Crippen LogP contribution is -1.98. The van der Waals surface area contributed by atoms with Crippen LogP contribution in [0.15, 0.2) is 72.8 Å². The number of alkyl halides is 1. The molecule has 0 radical (unpaired) electrons. The van der Waals surface area contributed by atoms with Gasteiger partial charge in [-0.1, -0.05) is 66.7 Å². The Kier molecular flexibility index (Phi) is 6.37. The van der Waals surface area contributed by atoms with Crippen LogP contribution in [0.5, 0.6) is 5.75 Å². The summed E-state index contributed by atoms with van der Waals surface area (Å²) in [5.41, 5.74) is 2.68. The second kappa shape index (κ2) is 9.13. The first-order valence-electron chi connectivity index (χ1n) is 9.04. The van der Waals surface area contributed by atoms with Crippen molar-refractivity contribution in [2.75, 3.05) is 6.61 Å². The van der Waals surface area contributed by atoms with Crippen molar-refractivity contribution in [1.29, 1.82) is 0 Å². The molecule has 0 aromatic heterocycles. The maximum absolute atomic E-state index is 14.4. The Labute approximate surface area is 158 Å². The van der Waals surface area contributed by atoms with Gasteiger partial charge in [0.25, 0.3) is 0 Å². The highest BCUT2D eigenvalue weighted by Crippen LogP contribution is 2.24. The number of hydrogen-bond acceptors (Lipinski definition) is 1. The first-order valence-corrected chi connectivity index (χ1v) is 9.04. The van der Waals surface area contributed by atoms with Crippen molar-refractivity contribution in [2.45, 2.75) is 19.5 Å². The number of hydrogen-bond donors (Lipinski definition) is 0. The minimum absolute atomic E-state index is 0.157. The highest BCUT2D eigenvalue weighted by molar-refractivity contribution is 5.70. The molecule has 3 heteroatoms. The number of benzene rings is 3. The van der Waals surface area contributed by atoms with Crippen LogP contribution in [0.1, 0.15) is 35.3 Å². The molecule has 0 bridgehead atoms. The van der Waals surface area contributed by atoms with E-state index < -0.39 is 6.17 Å². The van der Waals surface area contributed by atoms with Gasteiger partial charge in [-0.2, -0.15) is 0 Å². The Bertz CT molecular complexity index is 886. The van der Waals surface area contributed by atoms with Crippen LogP contribution in [0.2, 0.25) is 0 Å². The van der Waals surface area contributed by atoms with Crippen LogP contribution in [-0.4, -0.2) is 6.61 Å². The van der Waals surface area contributed by atoms with Gasteiger partial charge in [-0.05, 0) is 41.8 Å². The summed E-state index contributed by atoms with van der Waals surface area (Å²) in [6.07, 6.45) is 2.58. The Morgan fingerprint density at radius 3 is 2.33 bits per heavy atom. The van der Waals surface area contributed by atoms with E-state index in [-0.39, 0.29) is 12.2 Å². The average Bonchev–Trinajstić information content (AvgIpc) is 2.69. The molecule has 0 N–H and O–H groups in total. The zero-order chi connectivity index (χ0) is 19.1. The molecule has 1 unspecified atom stereocenters. The second-order valence-corrected chi connectivity index (χ2v) is 6.27. The van der Waals surface area contributed by atoms with Gasteiger partial charge in [-0.15, -0.1) is 0 Å². The zero-order valence-electron chi connectivity index (χ0n) is 15.2. The summed E-state index contributed by atoms with van der Waals surface area (Å²) in [7, 11) is 0. The van der Waals surface area contributed by atoms with Crippen LogP contribution in [0.25, 0.3) is 12.2 Å². The molecule has 3 aromatic carbocycles. The van der Waals surface area contributed by atoms with Crippen molar-refractivity contribution in [2.24, 2.45) is 0 Å².